The van der Waals surface area contributed by atoms with Crippen LogP contribution in [-0.2, 0) is 6.54 Å². The minimum absolute atomic E-state index is 0.169. The average molecular weight is 533 g/mol. The number of likely N-dealkylation sites (tertiary alicyclic amines) is 1. The smallest absolute Gasteiger partial charge is 0.252 e. The molecule has 3 N–H and O–H groups in total. The molecule has 0 atom stereocenters. The van der Waals surface area contributed by atoms with E-state index in [1.165, 1.54) is 25.8 Å². The van der Waals surface area contributed by atoms with E-state index in [4.69, 9.17) is 6.42 Å². The molecule has 0 radical (unpaired) electrons. The summed E-state index contributed by atoms with van der Waals surface area (Å²) < 4.78 is 0. The first-order valence-corrected chi connectivity index (χ1v) is 14.7. The van der Waals surface area contributed by atoms with Crippen LogP contribution in [0, 0.1) is 30.1 Å². The SMILES string of the molecule is C#Cc1ccc(NC2CNC2)cc1C(=O)NCc1ccc(C#CC2CCN(CCCCC)CC2)c2ccccc12. The molecule has 2 fully saturated rings. The van der Waals surface area contributed by atoms with Gasteiger partial charge in [-0.05, 0) is 79.5 Å². The predicted molar refractivity (Wildman–Crippen MR) is 165 cm³/mol. The molecule has 0 saturated carbocycles. The molecule has 2 saturated heterocycles. The lowest BCUT2D eigenvalue weighted by atomic mass is 9.95. The van der Waals surface area contributed by atoms with Gasteiger partial charge in [0.2, 0.25) is 0 Å². The highest BCUT2D eigenvalue weighted by Crippen LogP contribution is 2.24. The Labute approximate surface area is 239 Å². The fraction of sp³-hybridized carbons (Fsp3) is 0.400. The molecule has 40 heavy (non-hydrogen) atoms. The van der Waals surface area contributed by atoms with Gasteiger partial charge in [-0.2, -0.15) is 0 Å². The van der Waals surface area contributed by atoms with E-state index in [-0.39, 0.29) is 5.91 Å². The summed E-state index contributed by atoms with van der Waals surface area (Å²) in [6, 6.07) is 18.5. The van der Waals surface area contributed by atoms with E-state index >= 15 is 0 Å². The van der Waals surface area contributed by atoms with Crippen molar-refractivity contribution in [3.05, 3.63) is 76.9 Å². The Morgan fingerprint density at radius 2 is 1.80 bits per heavy atom. The Kier molecular flexibility index (Phi) is 9.40. The van der Waals surface area contributed by atoms with Crippen molar-refractivity contribution < 1.29 is 4.79 Å². The van der Waals surface area contributed by atoms with Crippen LogP contribution in [0.15, 0.2) is 54.6 Å². The highest BCUT2D eigenvalue weighted by Gasteiger charge is 2.19. The molecule has 5 rings (SSSR count). The van der Waals surface area contributed by atoms with Gasteiger partial charge in [-0.25, -0.2) is 0 Å². The Morgan fingerprint density at radius 3 is 2.52 bits per heavy atom. The molecule has 2 aliphatic rings. The number of unbranched alkanes of at least 4 members (excludes halogenated alkanes) is 2. The van der Waals surface area contributed by atoms with Crippen molar-refractivity contribution in [1.29, 1.82) is 0 Å². The maximum atomic E-state index is 13.2. The second kappa shape index (κ2) is 13.5. The van der Waals surface area contributed by atoms with Crippen LogP contribution in [0.5, 0.6) is 0 Å². The molecule has 0 aliphatic carbocycles. The minimum atomic E-state index is -0.169. The van der Waals surface area contributed by atoms with Crippen LogP contribution in [0.1, 0.15) is 66.1 Å². The summed E-state index contributed by atoms with van der Waals surface area (Å²) in [6.45, 7) is 8.05. The first kappa shape index (κ1) is 27.8. The molecule has 0 spiro atoms. The number of hydrogen-bond acceptors (Lipinski definition) is 4. The summed E-state index contributed by atoms with van der Waals surface area (Å²) in [7, 11) is 0. The normalized spacial score (nSPS) is 16.0. The number of terminal acetylenes is 1. The molecule has 3 aromatic carbocycles. The monoisotopic (exact) mass is 532 g/mol. The van der Waals surface area contributed by atoms with E-state index in [2.05, 4.69) is 75.9 Å². The lowest BCUT2D eigenvalue weighted by molar-refractivity contribution is 0.0951. The number of rotatable bonds is 9. The third-order valence-corrected chi connectivity index (χ3v) is 8.10. The number of carbonyl (C=O) groups is 1. The molecular formula is C35H40N4O. The Bertz CT molecular complexity index is 1430. The van der Waals surface area contributed by atoms with Crippen LogP contribution in [0.25, 0.3) is 10.8 Å². The van der Waals surface area contributed by atoms with Crippen LogP contribution in [0.3, 0.4) is 0 Å². The maximum absolute atomic E-state index is 13.2. The van der Waals surface area contributed by atoms with Crippen molar-refractivity contribution in [2.45, 2.75) is 51.6 Å². The number of anilines is 1. The average Bonchev–Trinajstić information content (AvgIpc) is 2.97. The summed E-state index contributed by atoms with van der Waals surface area (Å²) in [6.07, 6.45) is 11.9. The number of benzene rings is 3. The standard InChI is InChI=1S/C35H40N4O/c1-3-5-8-19-39-20-17-26(18-21-39)11-12-28-13-14-29(33-10-7-6-9-32(28)33)23-37-35(40)34-22-30(16-15-27(34)4-2)38-31-24-36-25-31/h2,6-7,9-10,13-16,22,26,31,36,38H,3,5,8,17-21,23-25H2,1H3,(H,37,40). The summed E-state index contributed by atoms with van der Waals surface area (Å²) >= 11 is 0. The third kappa shape index (κ3) is 6.86. The van der Waals surface area contributed by atoms with E-state index in [9.17, 15) is 4.79 Å². The first-order valence-electron chi connectivity index (χ1n) is 14.7. The van der Waals surface area contributed by atoms with Crippen LogP contribution < -0.4 is 16.0 Å². The van der Waals surface area contributed by atoms with Gasteiger partial charge in [-0.15, -0.1) is 6.42 Å². The van der Waals surface area contributed by atoms with Crippen molar-refractivity contribution in [1.82, 2.24) is 15.5 Å². The molecule has 0 unspecified atom stereocenters. The minimum Gasteiger partial charge on any atom is -0.380 e. The molecule has 206 valence electrons. The molecule has 5 heteroatoms. The zero-order chi connectivity index (χ0) is 27.7. The fourth-order valence-electron chi connectivity index (χ4n) is 5.54. The topological polar surface area (TPSA) is 56.4 Å². The number of nitrogens with zero attached hydrogens (tertiary/aromatic N) is 1. The van der Waals surface area contributed by atoms with Gasteiger partial charge in [0.25, 0.3) is 5.91 Å². The Morgan fingerprint density at radius 1 is 1.02 bits per heavy atom. The van der Waals surface area contributed by atoms with Crippen molar-refractivity contribution in [3.8, 4) is 24.2 Å². The van der Waals surface area contributed by atoms with Crippen LogP contribution in [0.4, 0.5) is 5.69 Å². The van der Waals surface area contributed by atoms with E-state index < -0.39 is 0 Å². The van der Waals surface area contributed by atoms with Crippen LogP contribution >= 0.6 is 0 Å². The lowest BCUT2D eigenvalue weighted by Gasteiger charge is -2.29. The second-order valence-electron chi connectivity index (χ2n) is 11.0. The Balaban J connectivity index is 1.25. The van der Waals surface area contributed by atoms with Gasteiger partial charge in [-0.3, -0.25) is 4.79 Å². The van der Waals surface area contributed by atoms with E-state index in [1.54, 1.807) is 0 Å². The fourth-order valence-corrected chi connectivity index (χ4v) is 5.54. The van der Waals surface area contributed by atoms with Gasteiger partial charge < -0.3 is 20.9 Å². The number of piperidine rings is 1. The molecule has 0 bridgehead atoms. The number of hydrogen-bond donors (Lipinski definition) is 3. The van der Waals surface area contributed by atoms with E-state index in [0.717, 1.165) is 66.6 Å². The number of amides is 1. The predicted octanol–water partition coefficient (Wildman–Crippen LogP) is 5.39. The number of nitrogens with one attached hydrogen (secondary N) is 3. The summed E-state index contributed by atoms with van der Waals surface area (Å²) in [5.41, 5.74) is 4.13. The zero-order valence-electron chi connectivity index (χ0n) is 23.6. The number of fused-ring (bicyclic) bond motifs is 1. The summed E-state index contributed by atoms with van der Waals surface area (Å²) in [5, 5.41) is 12.0. The summed E-state index contributed by atoms with van der Waals surface area (Å²) in [5.74, 6) is 10.0. The lowest BCUT2D eigenvalue weighted by Crippen LogP contribution is -2.51. The van der Waals surface area contributed by atoms with Crippen molar-refractivity contribution in [2.75, 3.05) is 38.0 Å². The molecule has 5 nitrogen and oxygen atoms in total. The molecule has 3 aromatic rings. The third-order valence-electron chi connectivity index (χ3n) is 8.10. The zero-order valence-corrected chi connectivity index (χ0v) is 23.6. The molecular weight excluding hydrogens is 492 g/mol. The molecule has 1 amide bonds. The summed E-state index contributed by atoms with van der Waals surface area (Å²) in [4.78, 5) is 15.8. The quantitative estimate of drug-likeness (QED) is 0.256. The largest absolute Gasteiger partial charge is 0.380 e. The van der Waals surface area contributed by atoms with Crippen molar-refractivity contribution in [3.63, 3.8) is 0 Å². The van der Waals surface area contributed by atoms with E-state index in [0.29, 0.717) is 29.6 Å². The highest BCUT2D eigenvalue weighted by molar-refractivity contribution is 5.98. The number of carbonyl (C=O) groups excluding carboxylic acids is 1. The molecule has 2 heterocycles. The Hall–Kier alpha value is -3.77. The van der Waals surface area contributed by atoms with Gasteiger partial charge in [0.05, 0.1) is 11.6 Å². The van der Waals surface area contributed by atoms with Gasteiger partial charge in [0.1, 0.15) is 0 Å². The van der Waals surface area contributed by atoms with Crippen LogP contribution in [0.2, 0.25) is 0 Å². The van der Waals surface area contributed by atoms with Gasteiger partial charge in [0, 0.05) is 42.4 Å². The first-order chi connectivity index (χ1) is 19.6. The molecule has 2 aliphatic heterocycles. The molecule has 0 aromatic heterocycles. The van der Waals surface area contributed by atoms with E-state index in [1.807, 2.05) is 24.3 Å². The van der Waals surface area contributed by atoms with Gasteiger partial charge in [-0.1, -0.05) is 67.9 Å². The van der Waals surface area contributed by atoms with Gasteiger partial charge in [0.15, 0.2) is 0 Å². The highest BCUT2D eigenvalue weighted by atomic mass is 16.1. The van der Waals surface area contributed by atoms with Crippen molar-refractivity contribution in [2.24, 2.45) is 5.92 Å². The second-order valence-corrected chi connectivity index (χ2v) is 11.0. The van der Waals surface area contributed by atoms with Crippen LogP contribution in [-0.4, -0.2) is 49.6 Å². The van der Waals surface area contributed by atoms with Gasteiger partial charge >= 0.3 is 0 Å². The maximum Gasteiger partial charge on any atom is 0.252 e. The van der Waals surface area contributed by atoms with Crippen molar-refractivity contribution >= 4 is 22.4 Å².